The molecule has 26 heavy (non-hydrogen) atoms. The molecule has 0 spiro atoms. The fraction of sp³-hybridized carbons (Fsp3) is 0.364. The van der Waals surface area contributed by atoms with Gasteiger partial charge in [0, 0.05) is 36.1 Å². The normalized spacial score (nSPS) is 11.2. The van der Waals surface area contributed by atoms with Gasteiger partial charge in [-0.05, 0) is 55.6 Å². The molecular weight excluding hydrogens is 320 g/mol. The van der Waals surface area contributed by atoms with Crippen LogP contribution in [0.25, 0.3) is 28.4 Å². The maximum Gasteiger partial charge on any atom is 0.0983 e. The van der Waals surface area contributed by atoms with E-state index in [-0.39, 0.29) is 0 Å². The maximum absolute atomic E-state index is 4.99. The lowest BCUT2D eigenvalue weighted by molar-refractivity contribution is 0.779. The van der Waals surface area contributed by atoms with Crippen molar-refractivity contribution in [3.8, 4) is 11.3 Å². The molecule has 0 aromatic carbocycles. The third-order valence-electron chi connectivity index (χ3n) is 5.08. The van der Waals surface area contributed by atoms with Gasteiger partial charge in [-0.3, -0.25) is 9.97 Å². The van der Waals surface area contributed by atoms with Gasteiger partial charge in [-0.15, -0.1) is 0 Å². The first kappa shape index (κ1) is 18.3. The zero-order chi connectivity index (χ0) is 18.7. The van der Waals surface area contributed by atoms with E-state index in [4.69, 9.17) is 4.98 Å². The number of fused-ring (bicyclic) bond motifs is 1. The minimum absolute atomic E-state index is 0.926. The van der Waals surface area contributed by atoms with Crippen LogP contribution in [0.4, 0.5) is 0 Å². The van der Waals surface area contributed by atoms with E-state index in [0.717, 1.165) is 53.8 Å². The third-order valence-corrected chi connectivity index (χ3v) is 5.08. The molecular formula is C22H28N4. The molecule has 3 rings (SSSR count). The number of nitrogens with one attached hydrogen (secondary N) is 2. The fourth-order valence-corrected chi connectivity index (χ4v) is 3.63. The standard InChI is InChI=1S/C22H28N4/c1-6-15-13-20-22(25-18(15)8-3)17(9-12-24-20)21-14(4)16(7-2)19(26-21)10-11-23-5/h7,9,12-13,23,26H,2,6,8,10-11H2,1,3-5H3. The van der Waals surface area contributed by atoms with Crippen molar-refractivity contribution in [2.24, 2.45) is 0 Å². The summed E-state index contributed by atoms with van der Waals surface area (Å²) in [4.78, 5) is 13.2. The Morgan fingerprint density at radius 2 is 2.08 bits per heavy atom. The first-order chi connectivity index (χ1) is 12.6. The first-order valence-corrected chi connectivity index (χ1v) is 9.40. The molecule has 4 heteroatoms. The van der Waals surface area contributed by atoms with Crippen LogP contribution in [-0.4, -0.2) is 28.5 Å². The number of hydrogen-bond donors (Lipinski definition) is 2. The molecule has 0 aliphatic carbocycles. The predicted octanol–water partition coefficient (Wildman–Crippen LogP) is 4.46. The second kappa shape index (κ2) is 7.83. The van der Waals surface area contributed by atoms with Crippen LogP contribution in [0, 0.1) is 6.92 Å². The molecule has 0 aliphatic rings. The van der Waals surface area contributed by atoms with Gasteiger partial charge in [0.1, 0.15) is 0 Å². The van der Waals surface area contributed by atoms with Crippen molar-refractivity contribution in [3.63, 3.8) is 0 Å². The van der Waals surface area contributed by atoms with Crippen LogP contribution in [-0.2, 0) is 19.3 Å². The highest BCUT2D eigenvalue weighted by Crippen LogP contribution is 2.33. The minimum Gasteiger partial charge on any atom is -0.358 e. The number of nitrogens with zero attached hydrogens (tertiary/aromatic N) is 2. The molecule has 0 amide bonds. The molecule has 0 aliphatic heterocycles. The van der Waals surface area contributed by atoms with E-state index < -0.39 is 0 Å². The average molecular weight is 348 g/mol. The zero-order valence-corrected chi connectivity index (χ0v) is 16.2. The van der Waals surface area contributed by atoms with E-state index >= 15 is 0 Å². The van der Waals surface area contributed by atoms with Gasteiger partial charge in [-0.2, -0.15) is 0 Å². The van der Waals surface area contributed by atoms with Crippen molar-refractivity contribution in [1.82, 2.24) is 20.3 Å². The summed E-state index contributed by atoms with van der Waals surface area (Å²) < 4.78 is 0. The van der Waals surface area contributed by atoms with Crippen molar-refractivity contribution in [1.29, 1.82) is 0 Å². The molecule has 0 saturated carbocycles. The number of hydrogen-bond acceptors (Lipinski definition) is 3. The second-order valence-electron chi connectivity index (χ2n) is 6.60. The average Bonchev–Trinajstić information content (AvgIpc) is 2.99. The highest BCUT2D eigenvalue weighted by atomic mass is 14.8. The van der Waals surface area contributed by atoms with Gasteiger partial charge in [-0.1, -0.05) is 26.5 Å². The fourth-order valence-electron chi connectivity index (χ4n) is 3.63. The van der Waals surface area contributed by atoms with Crippen LogP contribution in [0.5, 0.6) is 0 Å². The van der Waals surface area contributed by atoms with Crippen LogP contribution >= 0.6 is 0 Å². The Hall–Kier alpha value is -2.46. The number of aromatic amines is 1. The lowest BCUT2D eigenvalue weighted by Crippen LogP contribution is -2.11. The summed E-state index contributed by atoms with van der Waals surface area (Å²) >= 11 is 0. The predicted molar refractivity (Wildman–Crippen MR) is 111 cm³/mol. The molecule has 0 fully saturated rings. The lowest BCUT2D eigenvalue weighted by atomic mass is 10.0. The number of aryl methyl sites for hydroxylation is 2. The quantitative estimate of drug-likeness (QED) is 0.663. The zero-order valence-electron chi connectivity index (χ0n) is 16.2. The van der Waals surface area contributed by atoms with Gasteiger partial charge < -0.3 is 10.3 Å². The minimum atomic E-state index is 0.926. The number of rotatable bonds is 7. The van der Waals surface area contributed by atoms with E-state index in [1.54, 1.807) is 0 Å². The molecule has 0 unspecified atom stereocenters. The van der Waals surface area contributed by atoms with Crippen LogP contribution in [0.2, 0.25) is 0 Å². The van der Waals surface area contributed by atoms with Crippen molar-refractivity contribution in [3.05, 3.63) is 53.0 Å². The largest absolute Gasteiger partial charge is 0.358 e. The number of aromatic nitrogens is 3. The van der Waals surface area contributed by atoms with Crippen LogP contribution in [0.3, 0.4) is 0 Å². The summed E-state index contributed by atoms with van der Waals surface area (Å²) in [5.41, 5.74) is 10.3. The molecule has 0 saturated heterocycles. The Kier molecular flexibility index (Phi) is 5.52. The Labute approximate surface area is 155 Å². The summed E-state index contributed by atoms with van der Waals surface area (Å²) in [5.74, 6) is 0. The summed E-state index contributed by atoms with van der Waals surface area (Å²) in [5, 5.41) is 3.22. The van der Waals surface area contributed by atoms with Crippen molar-refractivity contribution in [2.45, 2.75) is 40.0 Å². The molecule has 3 aromatic heterocycles. The number of pyridine rings is 2. The summed E-state index contributed by atoms with van der Waals surface area (Å²) in [6.45, 7) is 11.4. The van der Waals surface area contributed by atoms with Gasteiger partial charge in [0.15, 0.2) is 0 Å². The van der Waals surface area contributed by atoms with Crippen LogP contribution in [0.15, 0.2) is 24.9 Å². The van der Waals surface area contributed by atoms with E-state index in [0.29, 0.717) is 0 Å². The van der Waals surface area contributed by atoms with E-state index in [1.165, 1.54) is 22.4 Å². The molecule has 3 aromatic rings. The van der Waals surface area contributed by atoms with Gasteiger partial charge >= 0.3 is 0 Å². The van der Waals surface area contributed by atoms with Crippen LogP contribution < -0.4 is 5.32 Å². The first-order valence-electron chi connectivity index (χ1n) is 9.40. The monoisotopic (exact) mass is 348 g/mol. The summed E-state index contributed by atoms with van der Waals surface area (Å²) in [6.07, 6.45) is 6.68. The van der Waals surface area contributed by atoms with Gasteiger partial charge in [0.2, 0.25) is 0 Å². The molecule has 4 nitrogen and oxygen atoms in total. The molecule has 0 atom stereocenters. The van der Waals surface area contributed by atoms with Gasteiger partial charge in [0.05, 0.1) is 16.7 Å². The Morgan fingerprint density at radius 1 is 1.27 bits per heavy atom. The van der Waals surface area contributed by atoms with E-state index in [9.17, 15) is 0 Å². The Balaban J connectivity index is 2.22. The molecule has 0 bridgehead atoms. The van der Waals surface area contributed by atoms with E-state index in [2.05, 4.69) is 54.8 Å². The number of H-pyrrole nitrogens is 1. The number of likely N-dealkylation sites (N-methyl/N-ethyl adjacent to an activating group) is 1. The smallest absolute Gasteiger partial charge is 0.0983 e. The summed E-state index contributed by atoms with van der Waals surface area (Å²) in [6, 6.07) is 4.26. The van der Waals surface area contributed by atoms with Gasteiger partial charge in [0.25, 0.3) is 0 Å². The van der Waals surface area contributed by atoms with E-state index in [1.807, 2.05) is 19.3 Å². The van der Waals surface area contributed by atoms with Crippen molar-refractivity contribution < 1.29 is 0 Å². The van der Waals surface area contributed by atoms with Crippen molar-refractivity contribution in [2.75, 3.05) is 13.6 Å². The molecule has 0 radical (unpaired) electrons. The molecule has 136 valence electrons. The molecule has 2 N–H and O–H groups in total. The van der Waals surface area contributed by atoms with Crippen LogP contribution in [0.1, 0.15) is 41.9 Å². The lowest BCUT2D eigenvalue weighted by Gasteiger charge is -2.10. The topological polar surface area (TPSA) is 53.6 Å². The maximum atomic E-state index is 4.99. The highest BCUT2D eigenvalue weighted by molar-refractivity contribution is 5.92. The third kappa shape index (κ3) is 3.17. The van der Waals surface area contributed by atoms with Crippen molar-refractivity contribution >= 4 is 17.1 Å². The molecule has 3 heterocycles. The summed E-state index contributed by atoms with van der Waals surface area (Å²) in [7, 11) is 1.97. The SMILES string of the molecule is C=Cc1c(CCNC)[nH]c(-c2ccnc3cc(CC)c(CC)nc23)c1C. The highest BCUT2D eigenvalue weighted by Gasteiger charge is 2.17. The second-order valence-corrected chi connectivity index (χ2v) is 6.60. The Bertz CT molecular complexity index is 937. The van der Waals surface area contributed by atoms with Gasteiger partial charge in [-0.25, -0.2) is 0 Å². The Morgan fingerprint density at radius 3 is 2.73 bits per heavy atom.